The number of carboxylic acid groups (broad SMARTS) is 1. The first-order valence-corrected chi connectivity index (χ1v) is 9.86. The van der Waals surface area contributed by atoms with Gasteiger partial charge in [0.15, 0.2) is 0 Å². The van der Waals surface area contributed by atoms with Gasteiger partial charge in [0, 0.05) is 16.6 Å². The summed E-state index contributed by atoms with van der Waals surface area (Å²) in [5.74, 6) is -1.51. The van der Waals surface area contributed by atoms with Gasteiger partial charge in [-0.25, -0.2) is 4.79 Å². The Kier molecular flexibility index (Phi) is 5.59. The number of carbonyl (C=O) groups excluding carboxylic acids is 1. The highest BCUT2D eigenvalue weighted by Gasteiger charge is 2.30. The number of rotatable bonds is 4. The molecule has 33 heavy (non-hydrogen) atoms. The van der Waals surface area contributed by atoms with Crippen LogP contribution in [0.15, 0.2) is 72.8 Å². The SMILES string of the molecule is Cc1nc2cc(NC(=O)c3ccccc3-c3ccc(C(F)(F)F)cc3)ccc2cc1C(=O)O. The number of anilines is 1. The number of hydrogen-bond acceptors (Lipinski definition) is 3. The first-order chi connectivity index (χ1) is 15.6. The van der Waals surface area contributed by atoms with E-state index in [1.54, 1.807) is 49.4 Å². The van der Waals surface area contributed by atoms with Gasteiger partial charge < -0.3 is 10.4 Å². The number of carboxylic acids is 1. The molecule has 1 heterocycles. The van der Waals surface area contributed by atoms with Crippen LogP contribution in [-0.2, 0) is 6.18 Å². The third-order valence-electron chi connectivity index (χ3n) is 5.19. The summed E-state index contributed by atoms with van der Waals surface area (Å²) in [6.45, 7) is 1.59. The van der Waals surface area contributed by atoms with E-state index in [4.69, 9.17) is 0 Å². The average molecular weight is 450 g/mol. The van der Waals surface area contributed by atoms with Crippen molar-refractivity contribution in [3.05, 3.63) is 95.2 Å². The lowest BCUT2D eigenvalue weighted by Crippen LogP contribution is -2.13. The third kappa shape index (κ3) is 4.55. The molecule has 0 atom stereocenters. The van der Waals surface area contributed by atoms with Gasteiger partial charge in [-0.15, -0.1) is 0 Å². The summed E-state index contributed by atoms with van der Waals surface area (Å²) in [4.78, 5) is 28.6. The Morgan fingerprint density at radius 1 is 0.909 bits per heavy atom. The standard InChI is InChI=1S/C25H17F3N2O3/c1-14-21(24(32)33)12-16-8-11-18(13-22(16)29-14)30-23(31)20-5-3-2-4-19(20)15-6-9-17(10-7-15)25(26,27)28/h2-13H,1H3,(H,30,31)(H,32,33). The van der Waals surface area contributed by atoms with E-state index in [-0.39, 0.29) is 5.56 Å². The van der Waals surface area contributed by atoms with Crippen molar-refractivity contribution in [2.45, 2.75) is 13.1 Å². The van der Waals surface area contributed by atoms with Crippen molar-refractivity contribution in [3.8, 4) is 11.1 Å². The second-order valence-corrected chi connectivity index (χ2v) is 7.41. The van der Waals surface area contributed by atoms with E-state index >= 15 is 0 Å². The molecule has 0 radical (unpaired) electrons. The summed E-state index contributed by atoms with van der Waals surface area (Å²) in [6, 6.07) is 17.7. The Morgan fingerprint density at radius 2 is 1.61 bits per heavy atom. The van der Waals surface area contributed by atoms with E-state index in [0.29, 0.717) is 39.0 Å². The van der Waals surface area contributed by atoms with Gasteiger partial charge in [-0.1, -0.05) is 36.4 Å². The molecule has 0 aliphatic rings. The monoisotopic (exact) mass is 450 g/mol. The van der Waals surface area contributed by atoms with Crippen LogP contribution in [-0.4, -0.2) is 22.0 Å². The smallest absolute Gasteiger partial charge is 0.416 e. The molecule has 0 saturated carbocycles. The van der Waals surface area contributed by atoms with Crippen molar-refractivity contribution >= 4 is 28.5 Å². The van der Waals surface area contributed by atoms with Gasteiger partial charge in [0.05, 0.1) is 22.3 Å². The molecule has 0 bridgehead atoms. The summed E-state index contributed by atoms with van der Waals surface area (Å²) in [5, 5.41) is 12.6. The predicted molar refractivity (Wildman–Crippen MR) is 118 cm³/mol. The fraction of sp³-hybridized carbons (Fsp3) is 0.0800. The zero-order chi connectivity index (χ0) is 23.8. The number of amides is 1. The molecule has 4 aromatic rings. The van der Waals surface area contributed by atoms with E-state index in [2.05, 4.69) is 10.3 Å². The van der Waals surface area contributed by atoms with Crippen molar-refractivity contribution in [2.24, 2.45) is 0 Å². The van der Waals surface area contributed by atoms with Crippen molar-refractivity contribution in [1.82, 2.24) is 4.98 Å². The maximum absolute atomic E-state index is 13.0. The van der Waals surface area contributed by atoms with Crippen LogP contribution in [0.2, 0.25) is 0 Å². The second-order valence-electron chi connectivity index (χ2n) is 7.41. The molecule has 166 valence electrons. The minimum absolute atomic E-state index is 0.102. The quantitative estimate of drug-likeness (QED) is 0.389. The summed E-state index contributed by atoms with van der Waals surface area (Å²) in [7, 11) is 0. The van der Waals surface area contributed by atoms with E-state index in [1.165, 1.54) is 18.2 Å². The lowest BCUT2D eigenvalue weighted by molar-refractivity contribution is -0.137. The van der Waals surface area contributed by atoms with Crippen LogP contribution >= 0.6 is 0 Å². The second kappa shape index (κ2) is 8.38. The number of benzene rings is 3. The fourth-order valence-corrected chi connectivity index (χ4v) is 3.53. The Bertz CT molecular complexity index is 1380. The molecular weight excluding hydrogens is 433 g/mol. The van der Waals surface area contributed by atoms with E-state index in [0.717, 1.165) is 12.1 Å². The first kappa shape index (κ1) is 22.0. The average Bonchev–Trinajstić information content (AvgIpc) is 2.78. The first-order valence-electron chi connectivity index (χ1n) is 9.86. The molecule has 0 aliphatic carbocycles. The molecule has 0 saturated heterocycles. The molecular formula is C25H17F3N2O3. The number of aromatic carboxylic acids is 1. The molecule has 8 heteroatoms. The number of carbonyl (C=O) groups is 2. The highest BCUT2D eigenvalue weighted by atomic mass is 19.4. The highest BCUT2D eigenvalue weighted by molar-refractivity contribution is 6.09. The van der Waals surface area contributed by atoms with Crippen LogP contribution < -0.4 is 5.32 Å². The zero-order valence-corrected chi connectivity index (χ0v) is 17.3. The molecule has 0 spiro atoms. The number of aromatic nitrogens is 1. The van der Waals surface area contributed by atoms with Gasteiger partial charge in [-0.2, -0.15) is 13.2 Å². The Balaban J connectivity index is 1.64. The fourth-order valence-electron chi connectivity index (χ4n) is 3.53. The number of fused-ring (bicyclic) bond motifs is 1. The van der Waals surface area contributed by atoms with Crippen molar-refractivity contribution in [1.29, 1.82) is 0 Å². The maximum atomic E-state index is 13.0. The topological polar surface area (TPSA) is 79.3 Å². The molecule has 5 nitrogen and oxygen atoms in total. The lowest BCUT2D eigenvalue weighted by atomic mass is 9.98. The van der Waals surface area contributed by atoms with Crippen molar-refractivity contribution < 1.29 is 27.9 Å². The Labute approximate surface area is 186 Å². The van der Waals surface area contributed by atoms with Gasteiger partial charge in [0.1, 0.15) is 0 Å². The van der Waals surface area contributed by atoms with Crippen molar-refractivity contribution in [3.63, 3.8) is 0 Å². The Morgan fingerprint density at radius 3 is 2.27 bits per heavy atom. The number of nitrogens with one attached hydrogen (secondary N) is 1. The van der Waals surface area contributed by atoms with Gasteiger partial charge in [0.25, 0.3) is 5.91 Å². The Hall–Kier alpha value is -4.20. The van der Waals surface area contributed by atoms with E-state index < -0.39 is 23.6 Å². The highest BCUT2D eigenvalue weighted by Crippen LogP contribution is 2.32. The molecule has 1 amide bonds. The van der Waals surface area contributed by atoms with Crippen LogP contribution in [0.5, 0.6) is 0 Å². The largest absolute Gasteiger partial charge is 0.478 e. The van der Waals surface area contributed by atoms with Crippen LogP contribution in [0.4, 0.5) is 18.9 Å². The minimum atomic E-state index is -4.44. The molecule has 4 rings (SSSR count). The number of halogens is 3. The number of pyridine rings is 1. The van der Waals surface area contributed by atoms with Gasteiger partial charge in [-0.05, 0) is 54.4 Å². The minimum Gasteiger partial charge on any atom is -0.478 e. The summed E-state index contributed by atoms with van der Waals surface area (Å²) in [6.07, 6.45) is -4.44. The molecule has 0 unspecified atom stereocenters. The van der Waals surface area contributed by atoms with Crippen molar-refractivity contribution in [2.75, 3.05) is 5.32 Å². The maximum Gasteiger partial charge on any atom is 0.416 e. The summed E-state index contributed by atoms with van der Waals surface area (Å²) >= 11 is 0. The van der Waals surface area contributed by atoms with Gasteiger partial charge >= 0.3 is 12.1 Å². The number of aryl methyl sites for hydroxylation is 1. The number of hydrogen-bond donors (Lipinski definition) is 2. The van der Waals surface area contributed by atoms with Crippen LogP contribution in [0, 0.1) is 6.92 Å². The molecule has 0 aliphatic heterocycles. The number of nitrogens with zero attached hydrogens (tertiary/aromatic N) is 1. The van der Waals surface area contributed by atoms with Crippen LogP contribution in [0.25, 0.3) is 22.0 Å². The molecule has 2 N–H and O–H groups in total. The van der Waals surface area contributed by atoms with E-state index in [1.807, 2.05) is 0 Å². The number of alkyl halides is 3. The molecule has 0 fully saturated rings. The summed E-state index contributed by atoms with van der Waals surface area (Å²) < 4.78 is 38.6. The zero-order valence-electron chi connectivity index (χ0n) is 17.3. The van der Waals surface area contributed by atoms with E-state index in [9.17, 15) is 27.9 Å². The van der Waals surface area contributed by atoms with Gasteiger partial charge in [-0.3, -0.25) is 9.78 Å². The lowest BCUT2D eigenvalue weighted by Gasteiger charge is -2.12. The van der Waals surface area contributed by atoms with Gasteiger partial charge in [0.2, 0.25) is 0 Å². The third-order valence-corrected chi connectivity index (χ3v) is 5.19. The summed E-state index contributed by atoms with van der Waals surface area (Å²) in [5.41, 5.74) is 1.92. The van der Waals surface area contributed by atoms with Crippen LogP contribution in [0.3, 0.4) is 0 Å². The molecule has 1 aromatic heterocycles. The normalized spacial score (nSPS) is 11.4. The van der Waals surface area contributed by atoms with Crippen LogP contribution in [0.1, 0.15) is 32.0 Å². The predicted octanol–water partition coefficient (Wildman–Crippen LogP) is 6.18. The molecule has 3 aromatic carbocycles.